The number of pyridine rings is 1. The molecule has 0 N–H and O–H groups in total. The monoisotopic (exact) mass is 383 g/mol. The van der Waals surface area contributed by atoms with Gasteiger partial charge in [-0.15, -0.1) is 0 Å². The second-order valence-electron chi connectivity index (χ2n) is 7.77. The van der Waals surface area contributed by atoms with Crippen LogP contribution in [0.15, 0.2) is 22.7 Å². The molecule has 2 fully saturated rings. The van der Waals surface area contributed by atoms with Crippen LogP contribution in [0.5, 0.6) is 0 Å². The van der Waals surface area contributed by atoms with Crippen LogP contribution in [0.3, 0.4) is 0 Å². The number of piperidine rings is 1. The van der Waals surface area contributed by atoms with Gasteiger partial charge in [-0.2, -0.15) is 4.98 Å². The number of amides is 2. The van der Waals surface area contributed by atoms with Crippen molar-refractivity contribution in [1.82, 2.24) is 24.9 Å². The van der Waals surface area contributed by atoms with Crippen LogP contribution in [0.2, 0.25) is 0 Å². The van der Waals surface area contributed by atoms with Crippen molar-refractivity contribution in [1.29, 1.82) is 0 Å². The molecule has 148 valence electrons. The smallest absolute Gasteiger partial charge is 0.272 e. The fourth-order valence-corrected chi connectivity index (χ4v) is 3.91. The average Bonchev–Trinajstić information content (AvgIpc) is 3.12. The van der Waals surface area contributed by atoms with Gasteiger partial charge in [0.1, 0.15) is 5.69 Å². The van der Waals surface area contributed by atoms with E-state index >= 15 is 0 Å². The molecule has 0 aromatic carbocycles. The van der Waals surface area contributed by atoms with Crippen LogP contribution in [0.25, 0.3) is 0 Å². The van der Waals surface area contributed by atoms with E-state index in [1.165, 1.54) is 0 Å². The molecule has 0 saturated carbocycles. The van der Waals surface area contributed by atoms with E-state index in [-0.39, 0.29) is 17.7 Å². The zero-order valence-electron chi connectivity index (χ0n) is 16.3. The Morgan fingerprint density at radius 3 is 2.57 bits per heavy atom. The lowest BCUT2D eigenvalue weighted by molar-refractivity contribution is -0.129. The first-order valence-corrected chi connectivity index (χ1v) is 9.80. The lowest BCUT2D eigenvalue weighted by Gasteiger charge is -2.38. The molecule has 4 rings (SSSR count). The molecule has 2 amide bonds. The van der Waals surface area contributed by atoms with Gasteiger partial charge < -0.3 is 14.3 Å². The van der Waals surface area contributed by atoms with E-state index in [2.05, 4.69) is 15.1 Å². The van der Waals surface area contributed by atoms with Crippen LogP contribution in [0.4, 0.5) is 0 Å². The standard InChI is InChI=1S/C20H25N5O3/c1-13-4-3-5-17(21-13)20(27)25-11-15(12-25)10-18-22-19(23-28-18)16-6-8-24(9-7-16)14(2)26/h3-5,15-16H,6-12H2,1-2H3. The Kier molecular flexibility index (Phi) is 5.11. The van der Waals surface area contributed by atoms with Crippen molar-refractivity contribution >= 4 is 11.8 Å². The number of rotatable bonds is 4. The Morgan fingerprint density at radius 1 is 1.14 bits per heavy atom. The van der Waals surface area contributed by atoms with E-state index in [9.17, 15) is 9.59 Å². The van der Waals surface area contributed by atoms with Gasteiger partial charge in [0.15, 0.2) is 5.82 Å². The molecule has 2 aliphatic heterocycles. The van der Waals surface area contributed by atoms with Crippen LogP contribution < -0.4 is 0 Å². The Balaban J connectivity index is 1.27. The zero-order chi connectivity index (χ0) is 19.7. The van der Waals surface area contributed by atoms with Crippen LogP contribution in [0.1, 0.15) is 53.6 Å². The summed E-state index contributed by atoms with van der Waals surface area (Å²) in [5, 5.41) is 4.15. The molecule has 28 heavy (non-hydrogen) atoms. The van der Waals surface area contributed by atoms with Crippen molar-refractivity contribution in [2.75, 3.05) is 26.2 Å². The summed E-state index contributed by atoms with van der Waals surface area (Å²) in [5.41, 5.74) is 1.34. The number of likely N-dealkylation sites (tertiary alicyclic amines) is 2. The highest BCUT2D eigenvalue weighted by Gasteiger charge is 2.33. The molecule has 0 spiro atoms. The summed E-state index contributed by atoms with van der Waals surface area (Å²) in [5.74, 6) is 2.06. The van der Waals surface area contributed by atoms with Gasteiger partial charge in [0, 0.05) is 57.1 Å². The first-order valence-electron chi connectivity index (χ1n) is 9.80. The molecule has 2 aromatic rings. The number of aryl methyl sites for hydroxylation is 1. The SMILES string of the molecule is CC(=O)N1CCC(c2noc(CC3CN(C(=O)c4cccc(C)n4)C3)n2)CC1. The van der Waals surface area contributed by atoms with Gasteiger partial charge in [-0.1, -0.05) is 11.2 Å². The van der Waals surface area contributed by atoms with Crippen molar-refractivity contribution in [2.45, 2.75) is 39.0 Å². The molecule has 0 aliphatic carbocycles. The van der Waals surface area contributed by atoms with E-state index in [1.54, 1.807) is 17.9 Å². The number of carbonyl (C=O) groups is 2. The maximum absolute atomic E-state index is 12.4. The van der Waals surface area contributed by atoms with Gasteiger partial charge in [-0.3, -0.25) is 9.59 Å². The molecule has 8 nitrogen and oxygen atoms in total. The predicted octanol–water partition coefficient (Wildman–Crippen LogP) is 1.81. The topological polar surface area (TPSA) is 92.4 Å². The molecule has 0 radical (unpaired) electrons. The van der Waals surface area contributed by atoms with Gasteiger partial charge in [0.25, 0.3) is 5.91 Å². The van der Waals surface area contributed by atoms with Crippen molar-refractivity contribution < 1.29 is 14.1 Å². The molecular weight excluding hydrogens is 358 g/mol. The van der Waals surface area contributed by atoms with Crippen LogP contribution in [-0.2, 0) is 11.2 Å². The van der Waals surface area contributed by atoms with Gasteiger partial charge in [0.2, 0.25) is 11.8 Å². The third kappa shape index (κ3) is 3.90. The molecule has 4 heterocycles. The lowest BCUT2D eigenvalue weighted by atomic mass is 9.95. The summed E-state index contributed by atoms with van der Waals surface area (Å²) in [6.07, 6.45) is 2.42. The predicted molar refractivity (Wildman–Crippen MR) is 101 cm³/mol. The van der Waals surface area contributed by atoms with Crippen molar-refractivity contribution in [3.05, 3.63) is 41.3 Å². The molecule has 0 unspecified atom stereocenters. The average molecular weight is 383 g/mol. The van der Waals surface area contributed by atoms with Crippen LogP contribution in [0, 0.1) is 12.8 Å². The summed E-state index contributed by atoms with van der Waals surface area (Å²) in [7, 11) is 0. The third-order valence-electron chi connectivity index (χ3n) is 5.60. The van der Waals surface area contributed by atoms with E-state index in [0.717, 1.165) is 37.4 Å². The third-order valence-corrected chi connectivity index (χ3v) is 5.60. The maximum Gasteiger partial charge on any atom is 0.272 e. The van der Waals surface area contributed by atoms with Crippen molar-refractivity contribution in [2.24, 2.45) is 5.92 Å². The summed E-state index contributed by atoms with van der Waals surface area (Å²) >= 11 is 0. The number of aromatic nitrogens is 3. The Morgan fingerprint density at radius 2 is 1.89 bits per heavy atom. The van der Waals surface area contributed by atoms with Crippen LogP contribution >= 0.6 is 0 Å². The highest BCUT2D eigenvalue weighted by Crippen LogP contribution is 2.27. The van der Waals surface area contributed by atoms with Gasteiger partial charge >= 0.3 is 0 Å². The van der Waals surface area contributed by atoms with E-state index in [1.807, 2.05) is 24.0 Å². The number of hydrogen-bond acceptors (Lipinski definition) is 6. The van der Waals surface area contributed by atoms with Gasteiger partial charge in [-0.25, -0.2) is 4.98 Å². The highest BCUT2D eigenvalue weighted by atomic mass is 16.5. The van der Waals surface area contributed by atoms with Gasteiger partial charge in [-0.05, 0) is 31.9 Å². The Labute approximate surface area is 163 Å². The van der Waals surface area contributed by atoms with Crippen molar-refractivity contribution in [3.63, 3.8) is 0 Å². The number of nitrogens with zero attached hydrogens (tertiary/aromatic N) is 5. The number of hydrogen-bond donors (Lipinski definition) is 0. The molecule has 2 saturated heterocycles. The zero-order valence-corrected chi connectivity index (χ0v) is 16.3. The molecule has 2 aromatic heterocycles. The van der Waals surface area contributed by atoms with Gasteiger partial charge in [0.05, 0.1) is 0 Å². The van der Waals surface area contributed by atoms with E-state index in [0.29, 0.717) is 37.0 Å². The largest absolute Gasteiger partial charge is 0.343 e. The van der Waals surface area contributed by atoms with E-state index < -0.39 is 0 Å². The minimum Gasteiger partial charge on any atom is -0.343 e. The van der Waals surface area contributed by atoms with E-state index in [4.69, 9.17) is 4.52 Å². The summed E-state index contributed by atoms with van der Waals surface area (Å²) in [4.78, 5) is 36.4. The Hall–Kier alpha value is -2.77. The van der Waals surface area contributed by atoms with Crippen molar-refractivity contribution in [3.8, 4) is 0 Å². The first-order chi connectivity index (χ1) is 13.5. The molecule has 0 bridgehead atoms. The Bertz CT molecular complexity index is 866. The minimum absolute atomic E-state index is 0.0246. The molecular formula is C20H25N5O3. The lowest BCUT2D eigenvalue weighted by Crippen LogP contribution is -2.51. The second-order valence-corrected chi connectivity index (χ2v) is 7.77. The quantitative estimate of drug-likeness (QED) is 0.800. The fourth-order valence-electron chi connectivity index (χ4n) is 3.91. The summed E-state index contributed by atoms with van der Waals surface area (Å²) in [6.45, 7) is 6.35. The molecule has 0 atom stereocenters. The van der Waals surface area contributed by atoms with Crippen LogP contribution in [-0.4, -0.2) is 62.9 Å². The maximum atomic E-state index is 12.4. The second kappa shape index (κ2) is 7.69. The first kappa shape index (κ1) is 18.6. The fraction of sp³-hybridized carbons (Fsp3) is 0.550. The summed E-state index contributed by atoms with van der Waals surface area (Å²) < 4.78 is 5.44. The molecule has 2 aliphatic rings. The molecule has 8 heteroatoms. The normalized spacial score (nSPS) is 18.2. The minimum atomic E-state index is -0.0246. The number of carbonyl (C=O) groups excluding carboxylic acids is 2. The highest BCUT2D eigenvalue weighted by molar-refractivity contribution is 5.92. The summed E-state index contributed by atoms with van der Waals surface area (Å²) in [6, 6.07) is 5.49.